The number of amides is 1. The largest absolute Gasteiger partial charge is 0.298 e. The molecule has 1 aromatic carbocycles. The third-order valence-corrected chi connectivity index (χ3v) is 7.65. The first-order chi connectivity index (χ1) is 13.2. The van der Waals surface area contributed by atoms with Crippen LogP contribution in [0.25, 0.3) is 0 Å². The van der Waals surface area contributed by atoms with E-state index in [1.807, 2.05) is 6.92 Å². The first kappa shape index (κ1) is 20.6. The number of aromatic nitrogens is 1. The van der Waals surface area contributed by atoms with Crippen LogP contribution in [-0.4, -0.2) is 42.0 Å². The topological polar surface area (TPSA) is 96.4 Å². The number of ketones is 1. The SMILES string of the molecule is CC(=O)c1csc(NC(=O)c2cc(S(=O)(=O)N3CCCCC3C)ccc2C)n1. The first-order valence-electron chi connectivity index (χ1n) is 9.10. The van der Waals surface area contributed by atoms with E-state index in [2.05, 4.69) is 10.3 Å². The molecule has 0 aliphatic carbocycles. The average molecular weight is 422 g/mol. The van der Waals surface area contributed by atoms with Crippen molar-refractivity contribution >= 4 is 38.2 Å². The minimum absolute atomic E-state index is 0.0577. The van der Waals surface area contributed by atoms with Crippen LogP contribution in [-0.2, 0) is 10.0 Å². The standard InChI is InChI=1S/C19H23N3O4S2/c1-12-7-8-15(28(25,26)22-9-5-4-6-13(22)2)10-16(12)18(24)21-19-20-17(11-27-19)14(3)23/h7-8,10-11,13H,4-6,9H2,1-3H3,(H,20,21,24). The van der Waals surface area contributed by atoms with Crippen LogP contribution in [0.5, 0.6) is 0 Å². The zero-order valence-electron chi connectivity index (χ0n) is 16.1. The Kier molecular flexibility index (Phi) is 5.97. The number of benzene rings is 1. The zero-order chi connectivity index (χ0) is 20.5. The highest BCUT2D eigenvalue weighted by molar-refractivity contribution is 7.89. The molecule has 7 nitrogen and oxygen atoms in total. The lowest BCUT2D eigenvalue weighted by molar-refractivity contribution is 0.100. The fourth-order valence-corrected chi connectivity index (χ4v) is 5.70. The third kappa shape index (κ3) is 4.16. The molecule has 9 heteroatoms. The van der Waals surface area contributed by atoms with E-state index in [-0.39, 0.29) is 28.0 Å². The number of hydrogen-bond acceptors (Lipinski definition) is 6. The van der Waals surface area contributed by atoms with Gasteiger partial charge in [-0.25, -0.2) is 13.4 Å². The second-order valence-corrected chi connectivity index (χ2v) is 9.73. The molecule has 3 rings (SSSR count). The molecule has 1 aromatic heterocycles. The Hall–Kier alpha value is -2.10. The fraction of sp³-hybridized carbons (Fsp3) is 0.421. The highest BCUT2D eigenvalue weighted by atomic mass is 32.2. The molecule has 0 radical (unpaired) electrons. The summed E-state index contributed by atoms with van der Waals surface area (Å²) in [5.74, 6) is -0.637. The second kappa shape index (κ2) is 8.10. The maximum atomic E-state index is 13.1. The Bertz CT molecular complexity index is 1010. The Labute approximate surface area is 168 Å². The summed E-state index contributed by atoms with van der Waals surface area (Å²) in [5.41, 5.74) is 1.21. The average Bonchev–Trinajstić information content (AvgIpc) is 3.11. The number of hydrogen-bond donors (Lipinski definition) is 1. The van der Waals surface area contributed by atoms with E-state index in [9.17, 15) is 18.0 Å². The number of carbonyl (C=O) groups is 2. The molecule has 0 spiro atoms. The van der Waals surface area contributed by atoms with Crippen molar-refractivity contribution < 1.29 is 18.0 Å². The van der Waals surface area contributed by atoms with Crippen molar-refractivity contribution in [3.63, 3.8) is 0 Å². The van der Waals surface area contributed by atoms with Crippen LogP contribution in [0, 0.1) is 6.92 Å². The number of sulfonamides is 1. The molecule has 1 unspecified atom stereocenters. The number of nitrogens with zero attached hydrogens (tertiary/aromatic N) is 2. The van der Waals surface area contributed by atoms with E-state index >= 15 is 0 Å². The number of rotatable bonds is 5. The molecule has 2 heterocycles. The molecule has 1 aliphatic heterocycles. The van der Waals surface area contributed by atoms with Crippen molar-refractivity contribution in [3.8, 4) is 0 Å². The predicted molar refractivity (Wildman–Crippen MR) is 108 cm³/mol. The Morgan fingerprint density at radius 2 is 2.04 bits per heavy atom. The van der Waals surface area contributed by atoms with Crippen molar-refractivity contribution in [2.75, 3.05) is 11.9 Å². The molecule has 28 heavy (non-hydrogen) atoms. The number of Topliss-reactive ketones (excluding diaryl/α,β-unsaturated/α-hetero) is 1. The van der Waals surface area contributed by atoms with Gasteiger partial charge >= 0.3 is 0 Å². The molecule has 0 bridgehead atoms. The molecule has 1 aliphatic rings. The number of piperidine rings is 1. The van der Waals surface area contributed by atoms with E-state index in [1.54, 1.807) is 24.4 Å². The maximum absolute atomic E-state index is 13.1. The molecular formula is C19H23N3O4S2. The lowest BCUT2D eigenvalue weighted by atomic mass is 10.1. The van der Waals surface area contributed by atoms with Crippen LogP contribution in [0.1, 0.15) is 59.5 Å². The smallest absolute Gasteiger partial charge is 0.257 e. The number of nitrogens with one attached hydrogen (secondary N) is 1. The van der Waals surface area contributed by atoms with Crippen molar-refractivity contribution in [1.82, 2.24) is 9.29 Å². The number of aryl methyl sites for hydroxylation is 1. The van der Waals surface area contributed by atoms with Crippen molar-refractivity contribution in [1.29, 1.82) is 0 Å². The highest BCUT2D eigenvalue weighted by Crippen LogP contribution is 2.27. The Balaban J connectivity index is 1.88. The molecule has 1 fully saturated rings. The maximum Gasteiger partial charge on any atom is 0.257 e. The summed E-state index contributed by atoms with van der Waals surface area (Å²) >= 11 is 1.15. The zero-order valence-corrected chi connectivity index (χ0v) is 17.7. The molecule has 1 N–H and O–H groups in total. The van der Waals surface area contributed by atoms with Gasteiger partial charge in [0, 0.05) is 30.5 Å². The predicted octanol–water partition coefficient (Wildman–Crippen LogP) is 3.47. The van der Waals surface area contributed by atoms with Gasteiger partial charge in [-0.2, -0.15) is 4.31 Å². The quantitative estimate of drug-likeness (QED) is 0.746. The summed E-state index contributed by atoms with van der Waals surface area (Å²) in [5, 5.41) is 4.52. The summed E-state index contributed by atoms with van der Waals surface area (Å²) < 4.78 is 27.7. The summed E-state index contributed by atoms with van der Waals surface area (Å²) in [7, 11) is -3.67. The van der Waals surface area contributed by atoms with Gasteiger partial charge < -0.3 is 0 Å². The molecule has 1 saturated heterocycles. The number of anilines is 1. The van der Waals surface area contributed by atoms with Crippen LogP contribution in [0.2, 0.25) is 0 Å². The molecular weight excluding hydrogens is 398 g/mol. The molecule has 0 saturated carbocycles. The van der Waals surface area contributed by atoms with E-state index < -0.39 is 15.9 Å². The molecule has 150 valence electrons. The third-order valence-electron chi connectivity index (χ3n) is 4.89. The van der Waals surface area contributed by atoms with Gasteiger partial charge in [0.15, 0.2) is 10.9 Å². The van der Waals surface area contributed by atoms with Gasteiger partial charge in [-0.1, -0.05) is 12.5 Å². The molecule has 2 aromatic rings. The van der Waals surface area contributed by atoms with Gasteiger partial charge in [0.25, 0.3) is 5.91 Å². The van der Waals surface area contributed by atoms with Crippen LogP contribution < -0.4 is 5.32 Å². The highest BCUT2D eigenvalue weighted by Gasteiger charge is 2.31. The number of thiazole rings is 1. The Morgan fingerprint density at radius 3 is 2.68 bits per heavy atom. The molecule has 1 amide bonds. The van der Waals surface area contributed by atoms with E-state index in [0.29, 0.717) is 17.2 Å². The lowest BCUT2D eigenvalue weighted by Gasteiger charge is -2.32. The normalized spacial score (nSPS) is 18.0. The summed E-state index contributed by atoms with van der Waals surface area (Å²) in [6.07, 6.45) is 2.69. The van der Waals surface area contributed by atoms with Gasteiger partial charge in [0.2, 0.25) is 10.0 Å². The van der Waals surface area contributed by atoms with Crippen molar-refractivity contribution in [2.24, 2.45) is 0 Å². The van der Waals surface area contributed by atoms with Crippen LogP contribution >= 0.6 is 11.3 Å². The van der Waals surface area contributed by atoms with Gasteiger partial charge in [0.05, 0.1) is 4.90 Å². The van der Waals surface area contributed by atoms with Crippen molar-refractivity contribution in [2.45, 2.75) is 51.0 Å². The lowest BCUT2D eigenvalue weighted by Crippen LogP contribution is -2.42. The van der Waals surface area contributed by atoms with Gasteiger partial charge in [-0.05, 0) is 44.4 Å². The van der Waals surface area contributed by atoms with Crippen LogP contribution in [0.4, 0.5) is 5.13 Å². The first-order valence-corrected chi connectivity index (χ1v) is 11.4. The second-order valence-electron chi connectivity index (χ2n) is 6.99. The summed E-state index contributed by atoms with van der Waals surface area (Å²) in [6.45, 7) is 5.55. The fourth-order valence-electron chi connectivity index (χ4n) is 3.23. The summed E-state index contributed by atoms with van der Waals surface area (Å²) in [4.78, 5) is 28.2. The minimum Gasteiger partial charge on any atom is -0.298 e. The van der Waals surface area contributed by atoms with Crippen molar-refractivity contribution in [3.05, 3.63) is 40.4 Å². The Morgan fingerprint density at radius 1 is 1.29 bits per heavy atom. The van der Waals surface area contributed by atoms with Crippen LogP contribution in [0.15, 0.2) is 28.5 Å². The summed E-state index contributed by atoms with van der Waals surface area (Å²) in [6, 6.07) is 4.54. The number of carbonyl (C=O) groups excluding carboxylic acids is 2. The molecule has 1 atom stereocenters. The van der Waals surface area contributed by atoms with Gasteiger partial charge in [0.1, 0.15) is 5.69 Å². The minimum atomic E-state index is -3.67. The van der Waals surface area contributed by atoms with E-state index in [0.717, 1.165) is 30.6 Å². The van der Waals surface area contributed by atoms with Crippen LogP contribution in [0.3, 0.4) is 0 Å². The van der Waals surface area contributed by atoms with Gasteiger partial charge in [-0.3, -0.25) is 14.9 Å². The van der Waals surface area contributed by atoms with Gasteiger partial charge in [-0.15, -0.1) is 11.3 Å². The van der Waals surface area contributed by atoms with E-state index in [1.165, 1.54) is 17.3 Å². The van der Waals surface area contributed by atoms with E-state index in [4.69, 9.17) is 0 Å². The monoisotopic (exact) mass is 421 g/mol.